The Hall–Kier alpha value is -0.650. The van der Waals surface area contributed by atoms with Crippen molar-refractivity contribution in [3.05, 3.63) is 0 Å². The molecule has 0 aromatic heterocycles. The second-order valence-corrected chi connectivity index (χ2v) is 4.94. The summed E-state index contributed by atoms with van der Waals surface area (Å²) in [6, 6.07) is 0. The molecule has 0 bridgehead atoms. The Bertz CT molecular complexity index is 213. The fourth-order valence-electron chi connectivity index (χ4n) is 1.42. The van der Waals surface area contributed by atoms with Crippen molar-refractivity contribution in [2.24, 2.45) is 0 Å². The molecule has 0 spiro atoms. The maximum absolute atomic E-state index is 10.7. The normalized spacial score (nSPS) is 12.1. The van der Waals surface area contributed by atoms with Crippen molar-refractivity contribution in [3.63, 3.8) is 0 Å². The largest absolute Gasteiger partial charge is 0.480 e. The number of hydrogen-bond acceptors (Lipinski definition) is 4. The van der Waals surface area contributed by atoms with E-state index < -0.39 is 5.97 Å². The fourth-order valence-corrected chi connectivity index (χ4v) is 1.42. The lowest BCUT2D eigenvalue weighted by Gasteiger charge is -2.34. The summed E-state index contributed by atoms with van der Waals surface area (Å²) in [6.45, 7) is 8.66. The molecule has 0 amide bonds. The molecule has 0 aliphatic rings. The number of carbonyl (C=O) groups is 1. The van der Waals surface area contributed by atoms with Crippen LogP contribution in [-0.2, 0) is 14.3 Å². The topological polar surface area (TPSA) is 59.0 Å². The van der Waals surface area contributed by atoms with E-state index in [9.17, 15) is 4.79 Å². The van der Waals surface area contributed by atoms with Crippen LogP contribution in [0.4, 0.5) is 0 Å². The van der Waals surface area contributed by atoms with E-state index in [2.05, 4.69) is 0 Å². The number of rotatable bonds is 9. The molecular formula is C12H25NO4. The molecule has 5 nitrogen and oxygen atoms in total. The zero-order valence-electron chi connectivity index (χ0n) is 11.4. The van der Waals surface area contributed by atoms with Crippen molar-refractivity contribution in [1.29, 1.82) is 0 Å². The Balaban J connectivity index is 3.81. The molecular weight excluding hydrogens is 222 g/mol. The summed E-state index contributed by atoms with van der Waals surface area (Å²) >= 11 is 0. The summed E-state index contributed by atoms with van der Waals surface area (Å²) in [7, 11) is 1.64. The van der Waals surface area contributed by atoms with E-state index in [4.69, 9.17) is 14.6 Å². The Morgan fingerprint density at radius 1 is 1.24 bits per heavy atom. The highest BCUT2D eigenvalue weighted by Gasteiger charge is 2.22. The maximum atomic E-state index is 10.7. The van der Waals surface area contributed by atoms with E-state index >= 15 is 0 Å². The first-order valence-corrected chi connectivity index (χ1v) is 5.91. The van der Waals surface area contributed by atoms with Gasteiger partial charge in [-0.15, -0.1) is 0 Å². The molecule has 0 aliphatic carbocycles. The summed E-state index contributed by atoms with van der Waals surface area (Å²) in [5.41, 5.74) is -0.134. The molecule has 0 aliphatic heterocycles. The lowest BCUT2D eigenvalue weighted by molar-refractivity contribution is -0.139. The van der Waals surface area contributed by atoms with Crippen molar-refractivity contribution >= 4 is 5.97 Å². The van der Waals surface area contributed by atoms with Gasteiger partial charge < -0.3 is 14.6 Å². The highest BCUT2D eigenvalue weighted by molar-refractivity contribution is 5.69. The average molecular weight is 247 g/mol. The van der Waals surface area contributed by atoms with Gasteiger partial charge in [-0.3, -0.25) is 9.69 Å². The second kappa shape index (κ2) is 8.44. The number of ether oxygens (including phenoxy) is 2. The predicted molar refractivity (Wildman–Crippen MR) is 66.3 cm³/mol. The Morgan fingerprint density at radius 2 is 1.88 bits per heavy atom. The molecule has 0 saturated carbocycles. The van der Waals surface area contributed by atoms with Crippen LogP contribution >= 0.6 is 0 Å². The van der Waals surface area contributed by atoms with Gasteiger partial charge in [0.2, 0.25) is 0 Å². The zero-order chi connectivity index (χ0) is 13.3. The van der Waals surface area contributed by atoms with E-state index in [1.54, 1.807) is 7.11 Å². The van der Waals surface area contributed by atoms with Gasteiger partial charge in [-0.05, 0) is 27.2 Å². The predicted octanol–water partition coefficient (Wildman–Crippen LogP) is 1.22. The number of nitrogens with zero attached hydrogens (tertiary/aromatic N) is 1. The first-order valence-electron chi connectivity index (χ1n) is 5.91. The van der Waals surface area contributed by atoms with Crippen molar-refractivity contribution in [1.82, 2.24) is 4.90 Å². The third-order valence-corrected chi connectivity index (χ3v) is 2.42. The molecule has 0 aromatic carbocycles. The summed E-state index contributed by atoms with van der Waals surface area (Å²) in [6.07, 6.45) is 0.828. The van der Waals surface area contributed by atoms with Crippen LogP contribution in [0.1, 0.15) is 27.2 Å². The highest BCUT2D eigenvalue weighted by Crippen LogP contribution is 2.13. The van der Waals surface area contributed by atoms with Gasteiger partial charge in [0.15, 0.2) is 0 Å². The monoisotopic (exact) mass is 247 g/mol. The smallest absolute Gasteiger partial charge is 0.317 e. The molecule has 0 radical (unpaired) electrons. The lowest BCUT2D eigenvalue weighted by Crippen LogP contribution is -2.45. The number of carboxylic acid groups (broad SMARTS) is 1. The minimum atomic E-state index is -0.791. The van der Waals surface area contributed by atoms with E-state index in [0.29, 0.717) is 19.8 Å². The van der Waals surface area contributed by atoms with Crippen molar-refractivity contribution in [2.45, 2.75) is 32.7 Å². The molecule has 5 heteroatoms. The van der Waals surface area contributed by atoms with Gasteiger partial charge in [0.05, 0.1) is 19.8 Å². The lowest BCUT2D eigenvalue weighted by atomic mass is 10.1. The Labute approximate surface area is 104 Å². The number of hydrogen-bond donors (Lipinski definition) is 1. The molecule has 0 atom stereocenters. The van der Waals surface area contributed by atoms with Crippen LogP contribution < -0.4 is 0 Å². The average Bonchev–Trinajstić information content (AvgIpc) is 2.19. The number of carboxylic acids is 1. The summed E-state index contributed by atoms with van der Waals surface area (Å²) in [5.74, 6) is -0.791. The molecule has 0 saturated heterocycles. The van der Waals surface area contributed by atoms with E-state index in [0.717, 1.165) is 13.0 Å². The van der Waals surface area contributed by atoms with Gasteiger partial charge in [-0.25, -0.2) is 0 Å². The van der Waals surface area contributed by atoms with Gasteiger partial charge in [-0.2, -0.15) is 0 Å². The molecule has 1 N–H and O–H groups in total. The fraction of sp³-hybridized carbons (Fsp3) is 0.917. The molecule has 0 aromatic rings. The molecule has 102 valence electrons. The van der Waals surface area contributed by atoms with Crippen molar-refractivity contribution in [2.75, 3.05) is 40.0 Å². The molecule has 0 heterocycles. The van der Waals surface area contributed by atoms with Crippen LogP contribution in [0.5, 0.6) is 0 Å². The summed E-state index contributed by atoms with van der Waals surface area (Å²) in [5, 5.41) is 8.83. The van der Waals surface area contributed by atoms with Crippen molar-refractivity contribution in [3.8, 4) is 0 Å². The number of methoxy groups -OCH3 is 1. The Kier molecular flexibility index (Phi) is 8.12. The second-order valence-electron chi connectivity index (χ2n) is 4.94. The maximum Gasteiger partial charge on any atom is 0.317 e. The van der Waals surface area contributed by atoms with E-state index in [1.807, 2.05) is 25.7 Å². The SMILES string of the molecule is COCCOCCCN(CC(=O)O)C(C)(C)C. The van der Waals surface area contributed by atoms with Gasteiger partial charge in [0.25, 0.3) is 0 Å². The highest BCUT2D eigenvalue weighted by atomic mass is 16.5. The first kappa shape index (κ1) is 16.4. The van der Waals surface area contributed by atoms with Crippen LogP contribution in [0.25, 0.3) is 0 Å². The molecule has 0 unspecified atom stereocenters. The van der Waals surface area contributed by atoms with E-state index in [1.165, 1.54) is 0 Å². The number of aliphatic carboxylic acids is 1. The van der Waals surface area contributed by atoms with Crippen LogP contribution in [0.3, 0.4) is 0 Å². The third-order valence-electron chi connectivity index (χ3n) is 2.42. The standard InChI is InChI=1S/C12H25NO4/c1-12(2,3)13(10-11(14)15)6-5-7-17-9-8-16-4/h5-10H2,1-4H3,(H,14,15). The van der Waals surface area contributed by atoms with Gasteiger partial charge in [-0.1, -0.05) is 0 Å². The van der Waals surface area contributed by atoms with Gasteiger partial charge in [0, 0.05) is 25.8 Å². The molecule has 17 heavy (non-hydrogen) atoms. The third kappa shape index (κ3) is 9.09. The zero-order valence-corrected chi connectivity index (χ0v) is 11.4. The van der Waals surface area contributed by atoms with Gasteiger partial charge in [0.1, 0.15) is 0 Å². The van der Waals surface area contributed by atoms with Crippen molar-refractivity contribution < 1.29 is 19.4 Å². The summed E-state index contributed by atoms with van der Waals surface area (Å²) < 4.78 is 10.2. The molecule has 0 fully saturated rings. The van der Waals surface area contributed by atoms with Crippen LogP contribution in [-0.4, -0.2) is 61.5 Å². The van der Waals surface area contributed by atoms with Crippen LogP contribution in [0, 0.1) is 0 Å². The van der Waals surface area contributed by atoms with E-state index in [-0.39, 0.29) is 12.1 Å². The molecule has 0 rings (SSSR count). The first-order chi connectivity index (χ1) is 7.88. The minimum absolute atomic E-state index is 0.0710. The summed E-state index contributed by atoms with van der Waals surface area (Å²) in [4.78, 5) is 12.7. The Morgan fingerprint density at radius 3 is 2.35 bits per heavy atom. The minimum Gasteiger partial charge on any atom is -0.480 e. The van der Waals surface area contributed by atoms with Crippen LogP contribution in [0.2, 0.25) is 0 Å². The quantitative estimate of drug-likeness (QED) is 0.621. The van der Waals surface area contributed by atoms with Crippen LogP contribution in [0.15, 0.2) is 0 Å². The van der Waals surface area contributed by atoms with Gasteiger partial charge >= 0.3 is 5.97 Å².